The third-order valence-corrected chi connectivity index (χ3v) is 4.19. The number of carbonyl (C=O) groups excluding carboxylic acids is 1. The van der Waals surface area contributed by atoms with Crippen LogP contribution in [-0.4, -0.2) is 30.4 Å². The number of piperidine rings is 1. The Kier molecular flexibility index (Phi) is 4.28. The van der Waals surface area contributed by atoms with Crippen molar-refractivity contribution in [2.24, 2.45) is 11.1 Å². The first kappa shape index (κ1) is 14.1. The van der Waals surface area contributed by atoms with Crippen LogP contribution in [0, 0.1) is 17.3 Å². The predicted octanol–water partition coefficient (Wildman–Crippen LogP) is 2.32. The van der Waals surface area contributed by atoms with Gasteiger partial charge in [-0.05, 0) is 24.3 Å². The van der Waals surface area contributed by atoms with Gasteiger partial charge in [0.15, 0.2) is 0 Å². The van der Waals surface area contributed by atoms with Gasteiger partial charge in [-0.1, -0.05) is 25.7 Å². The van der Waals surface area contributed by atoms with Gasteiger partial charge in [0.2, 0.25) is 0 Å². The van der Waals surface area contributed by atoms with Gasteiger partial charge in [-0.3, -0.25) is 4.79 Å². The van der Waals surface area contributed by atoms with Crippen LogP contribution in [0.15, 0.2) is 11.4 Å². The van der Waals surface area contributed by atoms with Crippen molar-refractivity contribution in [3.05, 3.63) is 21.9 Å². The van der Waals surface area contributed by atoms with Crippen LogP contribution in [-0.2, 0) is 0 Å². The van der Waals surface area contributed by atoms with E-state index in [0.717, 1.165) is 30.0 Å². The molecule has 1 fully saturated rings. The van der Waals surface area contributed by atoms with E-state index in [1.54, 1.807) is 0 Å². The summed E-state index contributed by atoms with van der Waals surface area (Å²) in [5.41, 5.74) is 6.33. The van der Waals surface area contributed by atoms with Gasteiger partial charge in [-0.15, -0.1) is 11.3 Å². The minimum atomic E-state index is 0.129. The second-order valence-electron chi connectivity index (χ2n) is 5.70. The fourth-order valence-electron chi connectivity index (χ4n) is 2.43. The summed E-state index contributed by atoms with van der Waals surface area (Å²) in [6.45, 7) is 6.49. The van der Waals surface area contributed by atoms with Gasteiger partial charge < -0.3 is 10.6 Å². The first-order chi connectivity index (χ1) is 9.02. The van der Waals surface area contributed by atoms with E-state index in [2.05, 4.69) is 25.7 Å². The monoisotopic (exact) mass is 276 g/mol. The summed E-state index contributed by atoms with van der Waals surface area (Å²) in [7, 11) is 0. The van der Waals surface area contributed by atoms with Gasteiger partial charge in [0.1, 0.15) is 0 Å². The number of rotatable bonds is 1. The summed E-state index contributed by atoms with van der Waals surface area (Å²) in [5.74, 6) is 5.91. The Labute approximate surface area is 118 Å². The van der Waals surface area contributed by atoms with E-state index in [-0.39, 0.29) is 11.3 Å². The molecule has 19 heavy (non-hydrogen) atoms. The maximum atomic E-state index is 12.4. The highest BCUT2D eigenvalue weighted by Crippen LogP contribution is 2.29. The quantitative estimate of drug-likeness (QED) is 0.800. The Bertz CT molecular complexity index is 522. The molecular weight excluding hydrogens is 256 g/mol. The maximum Gasteiger partial charge on any atom is 0.254 e. The van der Waals surface area contributed by atoms with Crippen LogP contribution < -0.4 is 5.73 Å². The minimum absolute atomic E-state index is 0.129. The smallest absolute Gasteiger partial charge is 0.254 e. The average Bonchev–Trinajstić information content (AvgIpc) is 2.83. The van der Waals surface area contributed by atoms with Crippen molar-refractivity contribution in [2.75, 3.05) is 19.6 Å². The number of hydrogen-bond donors (Lipinski definition) is 1. The number of nitrogens with two attached hydrogens (primary N) is 1. The van der Waals surface area contributed by atoms with Crippen molar-refractivity contribution >= 4 is 17.2 Å². The molecule has 0 aromatic carbocycles. The first-order valence-corrected chi connectivity index (χ1v) is 7.46. The highest BCUT2D eigenvalue weighted by Gasteiger charge is 2.29. The van der Waals surface area contributed by atoms with E-state index < -0.39 is 0 Å². The number of hydrogen-bond acceptors (Lipinski definition) is 3. The topological polar surface area (TPSA) is 46.3 Å². The Morgan fingerprint density at radius 3 is 3.05 bits per heavy atom. The summed E-state index contributed by atoms with van der Waals surface area (Å²) in [5, 5.41) is 1.89. The summed E-state index contributed by atoms with van der Waals surface area (Å²) >= 11 is 1.51. The van der Waals surface area contributed by atoms with Crippen LogP contribution in [0.4, 0.5) is 0 Å². The normalized spacial score (nSPS) is 17.7. The van der Waals surface area contributed by atoms with Crippen molar-refractivity contribution in [1.82, 2.24) is 4.90 Å². The van der Waals surface area contributed by atoms with Crippen LogP contribution in [0.1, 0.15) is 41.9 Å². The third kappa shape index (κ3) is 3.59. The van der Waals surface area contributed by atoms with Gasteiger partial charge in [0.05, 0.1) is 17.0 Å². The minimum Gasteiger partial charge on any atom is -0.338 e. The molecule has 2 N–H and O–H groups in total. The van der Waals surface area contributed by atoms with Crippen molar-refractivity contribution in [3.8, 4) is 11.8 Å². The van der Waals surface area contributed by atoms with Gasteiger partial charge in [0, 0.05) is 18.5 Å². The summed E-state index contributed by atoms with van der Waals surface area (Å²) in [6.07, 6.45) is 2.27. The molecule has 102 valence electrons. The number of carbonyl (C=O) groups is 1. The van der Waals surface area contributed by atoms with E-state index >= 15 is 0 Å². The molecule has 2 rings (SSSR count). The molecule has 1 aliphatic heterocycles. The molecule has 0 saturated carbocycles. The molecule has 1 saturated heterocycles. The number of amides is 1. The van der Waals surface area contributed by atoms with Crippen LogP contribution in [0.3, 0.4) is 0 Å². The summed E-state index contributed by atoms with van der Waals surface area (Å²) in [6, 6.07) is 1.87. The highest BCUT2D eigenvalue weighted by molar-refractivity contribution is 7.10. The van der Waals surface area contributed by atoms with Gasteiger partial charge in [-0.25, -0.2) is 0 Å². The summed E-state index contributed by atoms with van der Waals surface area (Å²) in [4.78, 5) is 15.3. The van der Waals surface area contributed by atoms with Crippen molar-refractivity contribution < 1.29 is 4.79 Å². The molecule has 0 atom stereocenters. The molecule has 0 radical (unpaired) electrons. The second kappa shape index (κ2) is 5.77. The number of likely N-dealkylation sites (tertiary alicyclic amines) is 1. The molecule has 1 amide bonds. The van der Waals surface area contributed by atoms with Crippen molar-refractivity contribution in [3.63, 3.8) is 0 Å². The zero-order valence-corrected chi connectivity index (χ0v) is 12.3. The Balaban J connectivity index is 2.09. The molecule has 4 heteroatoms. The zero-order valence-electron chi connectivity index (χ0n) is 11.5. The van der Waals surface area contributed by atoms with E-state index in [0.29, 0.717) is 6.54 Å². The van der Waals surface area contributed by atoms with Gasteiger partial charge in [-0.2, -0.15) is 0 Å². The first-order valence-electron chi connectivity index (χ1n) is 6.58. The van der Waals surface area contributed by atoms with E-state index in [9.17, 15) is 4.79 Å². The molecule has 0 aliphatic carbocycles. The number of nitrogens with zero attached hydrogens (tertiary/aromatic N) is 1. The highest BCUT2D eigenvalue weighted by atomic mass is 32.1. The molecule has 0 bridgehead atoms. The third-order valence-electron chi connectivity index (χ3n) is 3.35. The molecule has 0 spiro atoms. The second-order valence-corrected chi connectivity index (χ2v) is 6.61. The lowest BCUT2D eigenvalue weighted by Crippen LogP contribution is -2.43. The molecule has 0 unspecified atom stereocenters. The standard InChI is InChI=1S/C15H20N2OS/c1-15(2)6-4-8-17(11-15)14(18)12-9-13(19-10-12)5-3-7-16/h9-10H,4,6-8,11,16H2,1-2H3. The Morgan fingerprint density at radius 2 is 2.37 bits per heavy atom. The maximum absolute atomic E-state index is 12.4. The fourth-order valence-corrected chi connectivity index (χ4v) is 3.18. The zero-order chi connectivity index (χ0) is 13.9. The lowest BCUT2D eigenvalue weighted by atomic mass is 9.84. The van der Waals surface area contributed by atoms with Crippen molar-refractivity contribution in [2.45, 2.75) is 26.7 Å². The molecular formula is C15H20N2OS. The van der Waals surface area contributed by atoms with Crippen LogP contribution in [0.25, 0.3) is 0 Å². The lowest BCUT2D eigenvalue weighted by molar-refractivity contribution is 0.0584. The van der Waals surface area contributed by atoms with Crippen LogP contribution in [0.2, 0.25) is 0 Å². The molecule has 1 aromatic rings. The Morgan fingerprint density at radius 1 is 1.58 bits per heavy atom. The molecule has 1 aromatic heterocycles. The van der Waals surface area contributed by atoms with E-state index in [1.807, 2.05) is 16.3 Å². The van der Waals surface area contributed by atoms with Crippen LogP contribution >= 0.6 is 11.3 Å². The SMILES string of the molecule is CC1(C)CCCN(C(=O)c2csc(C#CCN)c2)C1. The molecule has 3 nitrogen and oxygen atoms in total. The molecule has 2 heterocycles. The summed E-state index contributed by atoms with van der Waals surface area (Å²) < 4.78 is 0. The number of thiophene rings is 1. The fraction of sp³-hybridized carbons (Fsp3) is 0.533. The van der Waals surface area contributed by atoms with E-state index in [4.69, 9.17) is 5.73 Å². The largest absolute Gasteiger partial charge is 0.338 e. The predicted molar refractivity (Wildman–Crippen MR) is 79.2 cm³/mol. The van der Waals surface area contributed by atoms with Crippen LogP contribution in [0.5, 0.6) is 0 Å². The van der Waals surface area contributed by atoms with Gasteiger partial charge >= 0.3 is 0 Å². The van der Waals surface area contributed by atoms with Crippen molar-refractivity contribution in [1.29, 1.82) is 0 Å². The van der Waals surface area contributed by atoms with E-state index in [1.165, 1.54) is 17.8 Å². The average molecular weight is 276 g/mol. The van der Waals surface area contributed by atoms with Gasteiger partial charge in [0.25, 0.3) is 5.91 Å². The lowest BCUT2D eigenvalue weighted by Gasteiger charge is -2.37. The molecule has 1 aliphatic rings. The Hall–Kier alpha value is -1.31.